The SMILES string of the molecule is CC1CCC2CCC3C4CCC(O)C4(C)CCC3C2(C)C1. The van der Waals surface area contributed by atoms with E-state index in [1.807, 2.05) is 0 Å². The van der Waals surface area contributed by atoms with Gasteiger partial charge in [-0.1, -0.05) is 27.2 Å². The van der Waals surface area contributed by atoms with E-state index in [0.29, 0.717) is 5.41 Å². The van der Waals surface area contributed by atoms with E-state index < -0.39 is 0 Å². The molecule has 0 bridgehead atoms. The first kappa shape index (κ1) is 14.5. The van der Waals surface area contributed by atoms with Crippen molar-refractivity contribution in [1.29, 1.82) is 0 Å². The molecule has 0 aliphatic heterocycles. The summed E-state index contributed by atoms with van der Waals surface area (Å²) >= 11 is 0. The minimum absolute atomic E-state index is 0.0146. The van der Waals surface area contributed by atoms with Gasteiger partial charge < -0.3 is 5.11 Å². The Kier molecular flexibility index (Phi) is 3.27. The Morgan fingerprint density at radius 1 is 0.810 bits per heavy atom. The third-order valence-electron chi connectivity index (χ3n) is 8.81. The third-order valence-corrected chi connectivity index (χ3v) is 8.81. The molecule has 4 saturated carbocycles. The van der Waals surface area contributed by atoms with E-state index in [-0.39, 0.29) is 11.5 Å². The van der Waals surface area contributed by atoms with E-state index >= 15 is 0 Å². The Morgan fingerprint density at radius 3 is 2.33 bits per heavy atom. The van der Waals surface area contributed by atoms with Gasteiger partial charge in [0.2, 0.25) is 0 Å². The highest BCUT2D eigenvalue weighted by molar-refractivity contribution is 5.09. The van der Waals surface area contributed by atoms with Crippen LogP contribution in [0.2, 0.25) is 0 Å². The summed E-state index contributed by atoms with van der Waals surface area (Å²) in [4.78, 5) is 0. The Morgan fingerprint density at radius 2 is 1.52 bits per heavy atom. The van der Waals surface area contributed by atoms with Gasteiger partial charge >= 0.3 is 0 Å². The molecule has 120 valence electrons. The van der Waals surface area contributed by atoms with Crippen molar-refractivity contribution in [3.8, 4) is 0 Å². The first-order valence-electron chi connectivity index (χ1n) is 9.63. The fourth-order valence-electron chi connectivity index (χ4n) is 7.64. The Balaban J connectivity index is 1.64. The van der Waals surface area contributed by atoms with Crippen molar-refractivity contribution in [2.45, 2.75) is 84.7 Å². The van der Waals surface area contributed by atoms with Crippen LogP contribution < -0.4 is 0 Å². The summed E-state index contributed by atoms with van der Waals surface area (Å²) in [6.45, 7) is 7.54. The molecular weight excluding hydrogens is 256 g/mol. The molecule has 0 aromatic heterocycles. The maximum Gasteiger partial charge on any atom is 0.0596 e. The molecule has 0 heterocycles. The van der Waals surface area contributed by atoms with Gasteiger partial charge in [-0.25, -0.2) is 0 Å². The van der Waals surface area contributed by atoms with Crippen molar-refractivity contribution in [1.82, 2.24) is 0 Å². The second kappa shape index (κ2) is 4.73. The molecule has 4 aliphatic rings. The van der Waals surface area contributed by atoms with Crippen LogP contribution in [0.15, 0.2) is 0 Å². The fourth-order valence-corrected chi connectivity index (χ4v) is 7.64. The van der Waals surface area contributed by atoms with Gasteiger partial charge in [-0.15, -0.1) is 0 Å². The monoisotopic (exact) mass is 290 g/mol. The highest BCUT2D eigenvalue weighted by Gasteiger charge is 2.59. The van der Waals surface area contributed by atoms with Crippen molar-refractivity contribution in [2.75, 3.05) is 0 Å². The van der Waals surface area contributed by atoms with Gasteiger partial charge in [0.1, 0.15) is 0 Å². The van der Waals surface area contributed by atoms with Crippen LogP contribution in [-0.4, -0.2) is 11.2 Å². The molecule has 0 aromatic carbocycles. The van der Waals surface area contributed by atoms with E-state index in [0.717, 1.165) is 36.0 Å². The van der Waals surface area contributed by atoms with Crippen molar-refractivity contribution in [3.63, 3.8) is 0 Å². The first-order valence-corrected chi connectivity index (χ1v) is 9.63. The number of fused-ring (bicyclic) bond motifs is 5. The summed E-state index contributed by atoms with van der Waals surface area (Å²) in [5.74, 6) is 4.65. The smallest absolute Gasteiger partial charge is 0.0596 e. The number of aliphatic hydroxyl groups is 1. The number of hydrogen-bond acceptors (Lipinski definition) is 1. The van der Waals surface area contributed by atoms with Crippen molar-refractivity contribution < 1.29 is 5.11 Å². The third kappa shape index (κ3) is 1.92. The van der Waals surface area contributed by atoms with Crippen molar-refractivity contribution in [3.05, 3.63) is 0 Å². The van der Waals surface area contributed by atoms with Gasteiger partial charge in [-0.05, 0) is 91.8 Å². The number of aliphatic hydroxyl groups excluding tert-OH is 1. The van der Waals surface area contributed by atoms with Gasteiger partial charge in [0, 0.05) is 0 Å². The maximum atomic E-state index is 10.5. The second-order valence-corrected chi connectivity index (χ2v) is 9.68. The summed E-state index contributed by atoms with van der Waals surface area (Å²) in [6, 6.07) is 0. The van der Waals surface area contributed by atoms with Crippen LogP contribution in [0.3, 0.4) is 0 Å². The molecule has 0 radical (unpaired) electrons. The predicted molar refractivity (Wildman–Crippen MR) is 86.9 cm³/mol. The number of hydrogen-bond donors (Lipinski definition) is 1. The van der Waals surface area contributed by atoms with Crippen LogP contribution in [0.5, 0.6) is 0 Å². The zero-order valence-corrected chi connectivity index (χ0v) is 14.3. The topological polar surface area (TPSA) is 20.2 Å². The zero-order chi connectivity index (χ0) is 14.8. The predicted octanol–water partition coefficient (Wildman–Crippen LogP) is 5.03. The van der Waals surface area contributed by atoms with Gasteiger partial charge in [0.05, 0.1) is 6.10 Å². The highest BCUT2D eigenvalue weighted by Crippen LogP contribution is 2.66. The normalized spacial score (nSPS) is 60.0. The molecule has 1 heteroatoms. The van der Waals surface area contributed by atoms with Crippen LogP contribution in [0, 0.1) is 40.4 Å². The molecule has 1 N–H and O–H groups in total. The standard InChI is InChI=1S/C20H34O/c1-13-4-5-14-6-7-15-16-8-9-18(21)19(16,2)11-10-17(15)20(14,3)12-13/h13-18,21H,4-12H2,1-3H3. The Labute approximate surface area is 130 Å². The molecule has 8 unspecified atom stereocenters. The lowest BCUT2D eigenvalue weighted by Crippen LogP contribution is -2.54. The molecule has 1 nitrogen and oxygen atoms in total. The molecule has 21 heavy (non-hydrogen) atoms. The van der Waals surface area contributed by atoms with E-state index in [9.17, 15) is 5.11 Å². The van der Waals surface area contributed by atoms with Gasteiger partial charge in [-0.3, -0.25) is 0 Å². The van der Waals surface area contributed by atoms with E-state index in [1.165, 1.54) is 51.4 Å². The zero-order valence-electron chi connectivity index (χ0n) is 14.3. The quantitative estimate of drug-likeness (QED) is 0.663. The van der Waals surface area contributed by atoms with Gasteiger partial charge in [-0.2, -0.15) is 0 Å². The van der Waals surface area contributed by atoms with Crippen LogP contribution in [0.4, 0.5) is 0 Å². The van der Waals surface area contributed by atoms with E-state index in [1.54, 1.807) is 0 Å². The van der Waals surface area contributed by atoms with E-state index in [2.05, 4.69) is 20.8 Å². The van der Waals surface area contributed by atoms with Crippen molar-refractivity contribution in [2.24, 2.45) is 40.4 Å². The molecule has 0 aromatic rings. The largest absolute Gasteiger partial charge is 0.393 e. The van der Waals surface area contributed by atoms with Crippen LogP contribution >= 0.6 is 0 Å². The lowest BCUT2D eigenvalue weighted by molar-refractivity contribution is -0.127. The molecule has 0 saturated heterocycles. The second-order valence-electron chi connectivity index (χ2n) is 9.68. The summed E-state index contributed by atoms with van der Waals surface area (Å²) < 4.78 is 0. The van der Waals surface area contributed by atoms with Crippen molar-refractivity contribution >= 4 is 0 Å². The molecule has 8 atom stereocenters. The highest BCUT2D eigenvalue weighted by atomic mass is 16.3. The molecule has 0 spiro atoms. The summed E-state index contributed by atoms with van der Waals surface area (Å²) in [5, 5.41) is 10.5. The Bertz CT molecular complexity index is 418. The van der Waals surface area contributed by atoms with Gasteiger partial charge in [0.15, 0.2) is 0 Å². The summed E-state index contributed by atoms with van der Waals surface area (Å²) in [6.07, 6.45) is 12.4. The average Bonchev–Trinajstić information content (AvgIpc) is 2.74. The fraction of sp³-hybridized carbons (Fsp3) is 1.00. The van der Waals surface area contributed by atoms with E-state index in [4.69, 9.17) is 0 Å². The number of rotatable bonds is 0. The minimum atomic E-state index is -0.0146. The first-order chi connectivity index (χ1) is 9.95. The molecule has 0 amide bonds. The maximum absolute atomic E-state index is 10.5. The minimum Gasteiger partial charge on any atom is -0.393 e. The van der Waals surface area contributed by atoms with Crippen LogP contribution in [-0.2, 0) is 0 Å². The summed E-state index contributed by atoms with van der Waals surface area (Å²) in [5.41, 5.74) is 0.875. The molecular formula is C20H34O. The summed E-state index contributed by atoms with van der Waals surface area (Å²) in [7, 11) is 0. The lowest BCUT2D eigenvalue weighted by Gasteiger charge is -2.61. The molecule has 4 rings (SSSR count). The van der Waals surface area contributed by atoms with Crippen LogP contribution in [0.25, 0.3) is 0 Å². The van der Waals surface area contributed by atoms with Gasteiger partial charge in [0.25, 0.3) is 0 Å². The average molecular weight is 290 g/mol. The lowest BCUT2D eigenvalue weighted by atomic mass is 9.44. The molecule has 4 fully saturated rings. The molecule has 4 aliphatic carbocycles. The van der Waals surface area contributed by atoms with Crippen LogP contribution in [0.1, 0.15) is 78.6 Å². The Hall–Kier alpha value is -0.0400.